The van der Waals surface area contributed by atoms with Crippen LogP contribution in [0.15, 0.2) is 146 Å². The van der Waals surface area contributed by atoms with Gasteiger partial charge < -0.3 is 19.3 Å². The third-order valence-corrected chi connectivity index (χ3v) is 17.4. The van der Waals surface area contributed by atoms with Crippen molar-refractivity contribution < 1.29 is 41.9 Å². The Balaban J connectivity index is 0.000000220. The summed E-state index contributed by atoms with van der Waals surface area (Å²) in [4.78, 5) is 0. The fourth-order valence-electron chi connectivity index (χ4n) is 13.4. The van der Waals surface area contributed by atoms with E-state index in [-0.39, 0.29) is 89.4 Å². The SMILES string of the molecule is CC(C)(C)CC(C)(C)c1cc(-c2cccc(F)c2)c(O)c(-n2c3cc(C(C)(C)C)ccc3c3ccc(C(C)(C)C)cc32)c1.CC(C)(C)CC(C)(C)c1cc(-c2cccc(F)c2)c(O)c(-n2c3cc(C(C)(C)C)ccc3c3ccc(C(C)(C)C)cc32)c1.[CH3][Hf][CH3]. The molecule has 470 valence electrons. The molecule has 2 heterocycles. The number of benzene rings is 8. The average Bonchev–Trinajstić information content (AvgIpc) is 1.62. The molecule has 0 radical (unpaired) electrons. The summed E-state index contributed by atoms with van der Waals surface area (Å²) < 4.78 is 38.2. The molecule has 0 aliphatic heterocycles. The second-order valence-electron chi connectivity index (χ2n) is 33.1. The topological polar surface area (TPSA) is 50.3 Å². The summed E-state index contributed by atoms with van der Waals surface area (Å²) in [7, 11) is 0. The van der Waals surface area contributed by atoms with Gasteiger partial charge in [-0.05, 0) is 173 Å². The van der Waals surface area contributed by atoms with E-state index < -0.39 is 0 Å². The van der Waals surface area contributed by atoms with E-state index in [0.717, 1.165) is 79.0 Å². The molecule has 4 nitrogen and oxygen atoms in total. The maximum atomic E-state index is 14.6. The number of phenols is 2. The number of hydrogen-bond acceptors (Lipinski definition) is 2. The Labute approximate surface area is 544 Å². The first-order valence-corrected chi connectivity index (χ1v) is 39.2. The van der Waals surface area contributed by atoms with Crippen molar-refractivity contribution in [3.63, 3.8) is 0 Å². The Hall–Kier alpha value is -6.31. The number of fused-ring (bicyclic) bond motifs is 6. The van der Waals surface area contributed by atoms with Crippen LogP contribution in [0, 0.1) is 22.5 Å². The predicted molar refractivity (Wildman–Crippen MR) is 376 cm³/mol. The summed E-state index contributed by atoms with van der Waals surface area (Å²) in [5.41, 5.74) is 15.0. The van der Waals surface area contributed by atoms with Crippen LogP contribution in [-0.4, -0.2) is 19.3 Å². The van der Waals surface area contributed by atoms with E-state index in [1.807, 2.05) is 12.1 Å². The van der Waals surface area contributed by atoms with Gasteiger partial charge in [0.1, 0.15) is 23.1 Å². The van der Waals surface area contributed by atoms with Crippen LogP contribution in [0.4, 0.5) is 8.78 Å². The van der Waals surface area contributed by atoms with Crippen LogP contribution in [0.5, 0.6) is 11.5 Å². The van der Waals surface area contributed by atoms with Crippen molar-refractivity contribution >= 4 is 43.6 Å². The summed E-state index contributed by atoms with van der Waals surface area (Å²) in [5, 5.41) is 28.9. The molecule has 0 amide bonds. The van der Waals surface area contributed by atoms with Gasteiger partial charge in [-0.25, -0.2) is 8.78 Å². The van der Waals surface area contributed by atoms with E-state index >= 15 is 0 Å². The number of nitrogens with zero attached hydrogens (tertiary/aromatic N) is 2. The van der Waals surface area contributed by atoms with Gasteiger partial charge in [0.05, 0.1) is 33.4 Å². The van der Waals surface area contributed by atoms with Gasteiger partial charge in [-0.3, -0.25) is 0 Å². The number of halogens is 2. The Kier molecular flexibility index (Phi) is 19.1. The summed E-state index contributed by atoms with van der Waals surface area (Å²) in [6.45, 7) is 49.4. The van der Waals surface area contributed by atoms with E-state index in [2.05, 4.69) is 268 Å². The van der Waals surface area contributed by atoms with E-state index in [0.29, 0.717) is 22.3 Å². The molecule has 89 heavy (non-hydrogen) atoms. The molecule has 10 aromatic rings. The first-order valence-electron chi connectivity index (χ1n) is 32.0. The van der Waals surface area contributed by atoms with Crippen molar-refractivity contribution in [1.82, 2.24) is 9.13 Å². The Bertz CT molecular complexity index is 3820. The van der Waals surface area contributed by atoms with Crippen LogP contribution < -0.4 is 0 Å². The fraction of sp³-hybridized carbons (Fsp3) is 0.415. The zero-order valence-electron chi connectivity index (χ0n) is 58.3. The van der Waals surface area contributed by atoms with Gasteiger partial charge in [0.15, 0.2) is 0 Å². The predicted octanol–water partition coefficient (Wildman–Crippen LogP) is 24.4. The van der Waals surface area contributed by atoms with Crippen molar-refractivity contribution in [3.8, 4) is 45.1 Å². The molecule has 0 aliphatic rings. The van der Waals surface area contributed by atoms with E-state index in [1.165, 1.54) is 46.5 Å². The molecule has 0 atom stereocenters. The van der Waals surface area contributed by atoms with Gasteiger partial charge in [-0.2, -0.15) is 0 Å². The minimum atomic E-state index is -0.320. The molecule has 2 aromatic heterocycles. The molecule has 0 bridgehead atoms. The summed E-state index contributed by atoms with van der Waals surface area (Å²) in [5.74, 6) is -0.331. The number of hydrogen-bond donors (Lipinski definition) is 2. The van der Waals surface area contributed by atoms with Crippen molar-refractivity contribution in [3.05, 3.63) is 191 Å². The molecule has 0 fully saturated rings. The molecule has 0 spiro atoms. The number of rotatable bonds is 8. The second-order valence-corrected chi connectivity index (χ2v) is 36.7. The van der Waals surface area contributed by atoms with Crippen LogP contribution in [0.3, 0.4) is 0 Å². The van der Waals surface area contributed by atoms with Crippen LogP contribution >= 0.6 is 0 Å². The molecular formula is C82H102F2HfN2O2. The number of aromatic nitrogens is 2. The fourth-order valence-corrected chi connectivity index (χ4v) is 13.4. The molecule has 8 aromatic carbocycles. The van der Waals surface area contributed by atoms with Crippen LogP contribution in [0.2, 0.25) is 9.36 Å². The van der Waals surface area contributed by atoms with Gasteiger partial charge in [-0.15, -0.1) is 0 Å². The first kappa shape index (κ1) is 68.6. The monoisotopic (exact) mass is 1360 g/mol. The zero-order valence-corrected chi connectivity index (χ0v) is 61.9. The van der Waals surface area contributed by atoms with Gasteiger partial charge in [-0.1, -0.05) is 225 Å². The zero-order chi connectivity index (χ0) is 66.1. The molecular weight excluding hydrogens is 1260 g/mol. The van der Waals surface area contributed by atoms with E-state index in [9.17, 15) is 19.0 Å². The average molecular weight is 1360 g/mol. The van der Waals surface area contributed by atoms with Gasteiger partial charge in [0.2, 0.25) is 0 Å². The molecule has 0 unspecified atom stereocenters. The Morgan fingerprint density at radius 3 is 0.820 bits per heavy atom. The quantitative estimate of drug-likeness (QED) is 0.149. The molecule has 0 saturated carbocycles. The standard InChI is InChI=1S/2C40H48FNO.2CH3.Hf/c2*1-37(2,3)24-40(10,11)28-20-32(25-13-12-14-29(41)19-25)36(43)35(23-28)42-33-21-26(38(4,5)6)15-17-30(33)31-18-16-27(22-34(31)42)39(7,8)9;;;/h2*12-23,43H,24H2,1-11H3;2*1H3;. The first-order chi connectivity index (χ1) is 40.9. The Morgan fingerprint density at radius 2 is 0.596 bits per heavy atom. The maximum absolute atomic E-state index is 14.6. The number of aromatic hydroxyl groups is 2. The van der Waals surface area contributed by atoms with Gasteiger partial charge >= 0.3 is 32.3 Å². The molecule has 2 N–H and O–H groups in total. The molecule has 10 rings (SSSR count). The van der Waals surface area contributed by atoms with Crippen LogP contribution in [0.25, 0.3) is 77.2 Å². The number of phenolic OH excluding ortho intramolecular Hbond substituents is 2. The van der Waals surface area contributed by atoms with Crippen molar-refractivity contribution in [2.45, 2.75) is 207 Å². The van der Waals surface area contributed by atoms with Gasteiger partial charge in [0.25, 0.3) is 0 Å². The Morgan fingerprint density at radius 1 is 0.337 bits per heavy atom. The normalized spacial score (nSPS) is 13.0. The molecule has 0 saturated heterocycles. The van der Waals surface area contributed by atoms with E-state index in [4.69, 9.17) is 0 Å². The molecule has 7 heteroatoms. The van der Waals surface area contributed by atoms with Crippen molar-refractivity contribution in [1.29, 1.82) is 0 Å². The molecule has 0 aliphatic carbocycles. The minimum absolute atomic E-state index is 0.0443. The van der Waals surface area contributed by atoms with Crippen molar-refractivity contribution in [2.75, 3.05) is 0 Å². The van der Waals surface area contributed by atoms with Crippen LogP contribution in [-0.2, 0) is 55.4 Å². The summed E-state index contributed by atoms with van der Waals surface area (Å²) >= 11 is 0.0833. The third-order valence-electron chi connectivity index (χ3n) is 17.4. The summed E-state index contributed by atoms with van der Waals surface area (Å²) in [6.07, 6.45) is 1.89. The van der Waals surface area contributed by atoms with Gasteiger partial charge in [0, 0.05) is 32.7 Å². The van der Waals surface area contributed by atoms with Crippen molar-refractivity contribution in [2.24, 2.45) is 10.8 Å². The summed E-state index contributed by atoms with van der Waals surface area (Å²) in [6, 6.07) is 48.5. The second kappa shape index (κ2) is 24.7. The van der Waals surface area contributed by atoms with Crippen LogP contribution in [0.1, 0.15) is 199 Å². The van der Waals surface area contributed by atoms with E-state index in [1.54, 1.807) is 12.1 Å². The third kappa shape index (κ3) is 15.0.